The van der Waals surface area contributed by atoms with Crippen molar-refractivity contribution in [2.75, 3.05) is 40.5 Å². The van der Waals surface area contributed by atoms with E-state index >= 15 is 0 Å². The second kappa shape index (κ2) is 10.3. The molecule has 1 aromatic carbocycles. The molecule has 130 valence electrons. The Morgan fingerprint density at radius 1 is 1.26 bits per heavy atom. The molecule has 5 nitrogen and oxygen atoms in total. The second-order valence-corrected chi connectivity index (χ2v) is 5.64. The summed E-state index contributed by atoms with van der Waals surface area (Å²) in [5, 5.41) is 10.1. The van der Waals surface area contributed by atoms with Crippen LogP contribution in [0.3, 0.4) is 0 Å². The van der Waals surface area contributed by atoms with E-state index in [-0.39, 0.29) is 0 Å². The van der Waals surface area contributed by atoms with E-state index in [2.05, 4.69) is 18.4 Å². The molecule has 0 unspecified atom stereocenters. The number of benzene rings is 1. The molecule has 1 N–H and O–H groups in total. The molecular weight excluding hydrogens is 294 g/mol. The van der Waals surface area contributed by atoms with Gasteiger partial charge in [0.05, 0.1) is 33.5 Å². The first-order valence-corrected chi connectivity index (χ1v) is 7.83. The average molecular weight is 323 g/mol. The summed E-state index contributed by atoms with van der Waals surface area (Å²) in [7, 11) is 3.21. The topological polar surface area (TPSA) is 51.2 Å². The van der Waals surface area contributed by atoms with Crippen LogP contribution in [0.1, 0.15) is 19.4 Å². The largest absolute Gasteiger partial charge is 0.493 e. The second-order valence-electron chi connectivity index (χ2n) is 5.64. The van der Waals surface area contributed by atoms with Gasteiger partial charge in [-0.3, -0.25) is 4.90 Å². The third-order valence-electron chi connectivity index (χ3n) is 3.44. The molecule has 0 spiro atoms. The number of likely N-dealkylation sites (N-methyl/N-ethyl adjacent to an activating group) is 1. The summed E-state index contributed by atoms with van der Waals surface area (Å²) >= 11 is 0. The van der Waals surface area contributed by atoms with Gasteiger partial charge in [0, 0.05) is 13.1 Å². The van der Waals surface area contributed by atoms with Gasteiger partial charge < -0.3 is 19.3 Å². The maximum Gasteiger partial charge on any atom is 0.161 e. The Kier molecular flexibility index (Phi) is 8.69. The first-order valence-electron chi connectivity index (χ1n) is 7.83. The van der Waals surface area contributed by atoms with Gasteiger partial charge in [-0.1, -0.05) is 25.1 Å². The van der Waals surface area contributed by atoms with E-state index in [9.17, 15) is 5.11 Å². The molecule has 0 aliphatic heterocycles. The fourth-order valence-electron chi connectivity index (χ4n) is 2.32. The number of rotatable bonds is 11. The number of hydrogen-bond acceptors (Lipinski definition) is 5. The highest BCUT2D eigenvalue weighted by molar-refractivity contribution is 5.42. The first-order chi connectivity index (χ1) is 11.0. The minimum Gasteiger partial charge on any atom is -0.493 e. The van der Waals surface area contributed by atoms with Crippen LogP contribution < -0.4 is 9.47 Å². The van der Waals surface area contributed by atoms with Crippen LogP contribution in [0.25, 0.3) is 0 Å². The molecular formula is C18H29NO4. The zero-order valence-electron chi connectivity index (χ0n) is 14.7. The summed E-state index contributed by atoms with van der Waals surface area (Å²) in [6.45, 7) is 10.9. The highest BCUT2D eigenvalue weighted by Crippen LogP contribution is 2.27. The molecule has 0 heterocycles. The number of aliphatic hydroxyl groups is 1. The predicted octanol–water partition coefficient (Wildman–Crippen LogP) is 2.48. The van der Waals surface area contributed by atoms with E-state index in [4.69, 9.17) is 14.2 Å². The summed E-state index contributed by atoms with van der Waals surface area (Å²) in [4.78, 5) is 2.15. The lowest BCUT2D eigenvalue weighted by molar-refractivity contribution is 0.0120. The molecule has 23 heavy (non-hydrogen) atoms. The fraction of sp³-hybridized carbons (Fsp3) is 0.556. The molecule has 0 aliphatic carbocycles. The maximum atomic E-state index is 10.1. The highest BCUT2D eigenvalue weighted by Gasteiger charge is 2.11. The van der Waals surface area contributed by atoms with Gasteiger partial charge in [-0.15, -0.1) is 0 Å². The number of hydrogen-bond donors (Lipinski definition) is 1. The van der Waals surface area contributed by atoms with Crippen molar-refractivity contribution in [3.05, 3.63) is 35.9 Å². The summed E-state index contributed by atoms with van der Waals surface area (Å²) < 4.78 is 16.1. The monoisotopic (exact) mass is 323 g/mol. The molecule has 1 atom stereocenters. The van der Waals surface area contributed by atoms with E-state index in [1.165, 1.54) is 0 Å². The van der Waals surface area contributed by atoms with Gasteiger partial charge in [0.25, 0.3) is 0 Å². The van der Waals surface area contributed by atoms with Gasteiger partial charge in [0.1, 0.15) is 0 Å². The van der Waals surface area contributed by atoms with Gasteiger partial charge in [-0.25, -0.2) is 0 Å². The Labute approximate surface area is 139 Å². The molecule has 0 fully saturated rings. The van der Waals surface area contributed by atoms with Crippen molar-refractivity contribution in [2.45, 2.75) is 26.6 Å². The van der Waals surface area contributed by atoms with Crippen molar-refractivity contribution in [1.29, 1.82) is 0 Å². The van der Waals surface area contributed by atoms with Crippen LogP contribution in [0, 0.1) is 0 Å². The van der Waals surface area contributed by atoms with Gasteiger partial charge in [-0.05, 0) is 31.2 Å². The van der Waals surface area contributed by atoms with Crippen molar-refractivity contribution in [3.8, 4) is 11.5 Å². The van der Waals surface area contributed by atoms with Crippen LogP contribution in [-0.2, 0) is 11.3 Å². The highest BCUT2D eigenvalue weighted by atomic mass is 16.5. The molecule has 1 rings (SSSR count). The Bertz CT molecular complexity index is 490. The normalized spacial score (nSPS) is 12.3. The van der Waals surface area contributed by atoms with Crippen molar-refractivity contribution in [3.63, 3.8) is 0 Å². The van der Waals surface area contributed by atoms with Gasteiger partial charge in [0.15, 0.2) is 11.5 Å². The molecule has 5 heteroatoms. The van der Waals surface area contributed by atoms with E-state index in [1.54, 1.807) is 14.2 Å². The summed E-state index contributed by atoms with van der Waals surface area (Å²) in [5.41, 5.74) is 2.06. The van der Waals surface area contributed by atoms with E-state index in [0.29, 0.717) is 31.3 Å². The number of nitrogens with zero attached hydrogens (tertiary/aromatic N) is 1. The summed E-state index contributed by atoms with van der Waals surface area (Å²) in [6, 6.07) is 5.65. The molecule has 0 bridgehead atoms. The van der Waals surface area contributed by atoms with Crippen LogP contribution >= 0.6 is 0 Å². The molecule has 0 saturated heterocycles. The predicted molar refractivity (Wildman–Crippen MR) is 92.1 cm³/mol. The van der Waals surface area contributed by atoms with Crippen molar-refractivity contribution in [2.24, 2.45) is 0 Å². The third-order valence-corrected chi connectivity index (χ3v) is 3.44. The van der Waals surface area contributed by atoms with E-state index in [0.717, 1.165) is 24.2 Å². The Hall–Kier alpha value is -1.56. The fourth-order valence-corrected chi connectivity index (χ4v) is 2.32. The van der Waals surface area contributed by atoms with Gasteiger partial charge >= 0.3 is 0 Å². The zero-order chi connectivity index (χ0) is 17.2. The molecule has 0 amide bonds. The lowest BCUT2D eigenvalue weighted by Gasteiger charge is -2.23. The lowest BCUT2D eigenvalue weighted by atomic mass is 10.2. The van der Waals surface area contributed by atoms with Gasteiger partial charge in [0.2, 0.25) is 0 Å². The minimum atomic E-state index is -0.519. The summed E-state index contributed by atoms with van der Waals surface area (Å²) in [5.74, 6) is 1.36. The zero-order valence-corrected chi connectivity index (χ0v) is 14.7. The average Bonchev–Trinajstić information content (AvgIpc) is 2.53. The van der Waals surface area contributed by atoms with Crippen LogP contribution in [0.5, 0.6) is 11.5 Å². The quantitative estimate of drug-likeness (QED) is 0.634. The van der Waals surface area contributed by atoms with Crippen LogP contribution in [0.4, 0.5) is 0 Å². The number of ether oxygens (including phenoxy) is 3. The third kappa shape index (κ3) is 7.03. The SMILES string of the molecule is C=C(C)CN(CC)C[C@H](O)COCc1ccc(OC)c(OC)c1. The Morgan fingerprint density at radius 2 is 1.96 bits per heavy atom. The standard InChI is InChI=1S/C18H29NO4/c1-6-19(10-14(2)3)11-16(20)13-23-12-15-7-8-17(21-4)18(9-15)22-5/h7-9,16,20H,2,6,10-13H2,1,3-5H3/t16-/m0/s1. The number of aliphatic hydroxyl groups excluding tert-OH is 1. The van der Waals surface area contributed by atoms with E-state index in [1.807, 2.05) is 25.1 Å². The lowest BCUT2D eigenvalue weighted by Crippen LogP contribution is -2.35. The first kappa shape index (κ1) is 19.5. The summed E-state index contributed by atoms with van der Waals surface area (Å²) in [6.07, 6.45) is -0.519. The molecule has 1 aromatic rings. The van der Waals surface area contributed by atoms with Crippen molar-refractivity contribution < 1.29 is 19.3 Å². The number of methoxy groups -OCH3 is 2. The van der Waals surface area contributed by atoms with Crippen LogP contribution in [-0.4, -0.2) is 56.6 Å². The Morgan fingerprint density at radius 3 is 2.52 bits per heavy atom. The van der Waals surface area contributed by atoms with E-state index < -0.39 is 6.10 Å². The minimum absolute atomic E-state index is 0.293. The van der Waals surface area contributed by atoms with Crippen molar-refractivity contribution >= 4 is 0 Å². The van der Waals surface area contributed by atoms with Crippen molar-refractivity contribution in [1.82, 2.24) is 4.90 Å². The van der Waals surface area contributed by atoms with Crippen LogP contribution in [0.2, 0.25) is 0 Å². The van der Waals surface area contributed by atoms with Gasteiger partial charge in [-0.2, -0.15) is 0 Å². The molecule has 0 aliphatic rings. The molecule has 0 radical (unpaired) electrons. The Balaban J connectivity index is 2.42. The maximum absolute atomic E-state index is 10.1. The molecule has 0 aromatic heterocycles. The molecule has 0 saturated carbocycles. The smallest absolute Gasteiger partial charge is 0.161 e. The van der Waals surface area contributed by atoms with Crippen LogP contribution in [0.15, 0.2) is 30.4 Å².